The molecule has 5 nitrogen and oxygen atoms in total. The normalized spacial score (nSPS) is 10.7. The molecule has 106 valence electrons. The fraction of sp³-hybridized carbons (Fsp3) is 0.357. The monoisotopic (exact) mass is 290 g/mol. The number of aromatic nitrogens is 3. The minimum atomic E-state index is -0.207. The third kappa shape index (κ3) is 3.01. The summed E-state index contributed by atoms with van der Waals surface area (Å²) in [5, 5.41) is 4.79. The summed E-state index contributed by atoms with van der Waals surface area (Å²) >= 11 is 1.49. The maximum Gasteiger partial charge on any atom is 0.345 e. The Morgan fingerprint density at radius 2 is 1.80 bits per heavy atom. The van der Waals surface area contributed by atoms with E-state index in [9.17, 15) is 4.79 Å². The van der Waals surface area contributed by atoms with E-state index >= 15 is 0 Å². The van der Waals surface area contributed by atoms with Crippen LogP contribution in [-0.4, -0.2) is 39.8 Å². The Balaban J connectivity index is 2.26. The zero-order valence-electron chi connectivity index (χ0n) is 12.3. The second kappa shape index (κ2) is 5.66. The zero-order valence-corrected chi connectivity index (χ0v) is 13.2. The van der Waals surface area contributed by atoms with E-state index in [1.165, 1.54) is 44.4 Å². The van der Waals surface area contributed by atoms with Crippen molar-refractivity contribution in [3.8, 4) is 0 Å². The van der Waals surface area contributed by atoms with Crippen LogP contribution in [0.15, 0.2) is 28.5 Å². The molecule has 2 rings (SSSR count). The first-order valence-corrected chi connectivity index (χ1v) is 7.09. The van der Waals surface area contributed by atoms with Crippen LogP contribution in [0.25, 0.3) is 0 Å². The number of rotatable bonds is 2. The highest BCUT2D eigenvalue weighted by Gasteiger charge is 2.13. The van der Waals surface area contributed by atoms with Gasteiger partial charge in [-0.1, -0.05) is 17.7 Å². The van der Waals surface area contributed by atoms with Gasteiger partial charge < -0.3 is 4.90 Å². The lowest BCUT2D eigenvalue weighted by Gasteiger charge is -2.09. The lowest BCUT2D eigenvalue weighted by molar-refractivity contribution is 0.215. The molecule has 2 aromatic rings. The van der Waals surface area contributed by atoms with Crippen molar-refractivity contribution in [2.24, 2.45) is 0 Å². The molecule has 0 fully saturated rings. The minimum absolute atomic E-state index is 0.207. The average Bonchev–Trinajstić information content (AvgIpc) is 2.81. The predicted molar refractivity (Wildman–Crippen MR) is 79.3 cm³/mol. The molecule has 1 heterocycles. The van der Waals surface area contributed by atoms with Crippen molar-refractivity contribution < 1.29 is 4.79 Å². The summed E-state index contributed by atoms with van der Waals surface area (Å²) in [5.41, 5.74) is 3.64. The largest absolute Gasteiger partial charge is 0.345 e. The molecule has 0 atom stereocenters. The maximum absolute atomic E-state index is 11.8. The average molecular weight is 290 g/mol. The van der Waals surface area contributed by atoms with E-state index < -0.39 is 0 Å². The highest BCUT2D eigenvalue weighted by molar-refractivity contribution is 7.99. The Morgan fingerprint density at radius 3 is 2.35 bits per heavy atom. The first-order chi connectivity index (χ1) is 9.38. The van der Waals surface area contributed by atoms with Gasteiger partial charge in [-0.2, -0.15) is 4.68 Å². The molecule has 0 saturated carbocycles. The SMILES string of the molecule is Cc1cc(C)c(Sc2ncn(C(=O)N(C)C)n2)c(C)c1. The second-order valence-electron chi connectivity index (χ2n) is 4.98. The lowest BCUT2D eigenvalue weighted by Crippen LogP contribution is -2.27. The van der Waals surface area contributed by atoms with Gasteiger partial charge in [-0.15, -0.1) is 5.10 Å². The highest BCUT2D eigenvalue weighted by atomic mass is 32.2. The van der Waals surface area contributed by atoms with Gasteiger partial charge in [-0.05, 0) is 43.7 Å². The number of nitrogens with zero attached hydrogens (tertiary/aromatic N) is 4. The summed E-state index contributed by atoms with van der Waals surface area (Å²) in [6, 6.07) is 4.07. The van der Waals surface area contributed by atoms with Gasteiger partial charge in [0.1, 0.15) is 6.33 Å². The van der Waals surface area contributed by atoms with E-state index in [2.05, 4.69) is 43.0 Å². The summed E-state index contributed by atoms with van der Waals surface area (Å²) in [5.74, 6) is 0. The molecule has 0 aliphatic rings. The fourth-order valence-corrected chi connectivity index (χ4v) is 2.86. The van der Waals surface area contributed by atoms with Crippen LogP contribution in [0.3, 0.4) is 0 Å². The van der Waals surface area contributed by atoms with E-state index in [0.717, 1.165) is 4.90 Å². The van der Waals surface area contributed by atoms with E-state index in [0.29, 0.717) is 5.16 Å². The third-order valence-corrected chi connectivity index (χ3v) is 4.07. The van der Waals surface area contributed by atoms with E-state index in [1.54, 1.807) is 14.1 Å². The first kappa shape index (κ1) is 14.6. The van der Waals surface area contributed by atoms with Crippen molar-refractivity contribution in [1.82, 2.24) is 19.7 Å². The maximum atomic E-state index is 11.8. The topological polar surface area (TPSA) is 51.0 Å². The molecule has 1 aromatic heterocycles. The van der Waals surface area contributed by atoms with Gasteiger partial charge in [-0.25, -0.2) is 9.78 Å². The van der Waals surface area contributed by atoms with Crippen LogP contribution in [0.1, 0.15) is 16.7 Å². The number of hydrogen-bond acceptors (Lipinski definition) is 4. The van der Waals surface area contributed by atoms with Gasteiger partial charge in [-0.3, -0.25) is 0 Å². The number of amides is 1. The van der Waals surface area contributed by atoms with Crippen LogP contribution in [0.2, 0.25) is 0 Å². The van der Waals surface area contributed by atoms with Crippen molar-refractivity contribution >= 4 is 17.8 Å². The third-order valence-electron chi connectivity index (χ3n) is 2.85. The van der Waals surface area contributed by atoms with Gasteiger partial charge in [0.05, 0.1) is 0 Å². The molecule has 1 aromatic carbocycles. The van der Waals surface area contributed by atoms with Crippen molar-refractivity contribution in [2.45, 2.75) is 30.8 Å². The van der Waals surface area contributed by atoms with Gasteiger partial charge in [0, 0.05) is 19.0 Å². The Bertz CT molecular complexity index is 625. The molecule has 0 saturated heterocycles. The van der Waals surface area contributed by atoms with Gasteiger partial charge in [0.15, 0.2) is 0 Å². The number of aryl methyl sites for hydroxylation is 3. The molecule has 0 radical (unpaired) electrons. The molecule has 0 unspecified atom stereocenters. The summed E-state index contributed by atoms with van der Waals surface area (Å²) in [7, 11) is 3.37. The van der Waals surface area contributed by atoms with Crippen molar-refractivity contribution in [2.75, 3.05) is 14.1 Å². The number of carbonyl (C=O) groups excluding carboxylic acids is 1. The highest BCUT2D eigenvalue weighted by Crippen LogP contribution is 2.31. The van der Waals surface area contributed by atoms with Crippen LogP contribution < -0.4 is 0 Å². The summed E-state index contributed by atoms with van der Waals surface area (Å²) < 4.78 is 1.25. The predicted octanol–water partition coefficient (Wildman–Crippen LogP) is 2.88. The molecule has 1 amide bonds. The van der Waals surface area contributed by atoms with Crippen LogP contribution in [0.5, 0.6) is 0 Å². The Labute approximate surface area is 123 Å². The molecular formula is C14H18N4OS. The minimum Gasteiger partial charge on any atom is -0.329 e. The van der Waals surface area contributed by atoms with Crippen molar-refractivity contribution in [3.05, 3.63) is 35.2 Å². The Kier molecular flexibility index (Phi) is 4.13. The van der Waals surface area contributed by atoms with Gasteiger partial charge >= 0.3 is 6.03 Å². The van der Waals surface area contributed by atoms with Gasteiger partial charge in [0.25, 0.3) is 0 Å². The van der Waals surface area contributed by atoms with E-state index in [1.807, 2.05) is 0 Å². The molecular weight excluding hydrogens is 272 g/mol. The fourth-order valence-electron chi connectivity index (χ4n) is 2.01. The van der Waals surface area contributed by atoms with Gasteiger partial charge in [0.2, 0.25) is 5.16 Å². The molecule has 0 aliphatic carbocycles. The van der Waals surface area contributed by atoms with Crippen LogP contribution >= 0.6 is 11.8 Å². The van der Waals surface area contributed by atoms with Crippen molar-refractivity contribution in [1.29, 1.82) is 0 Å². The molecule has 0 aliphatic heterocycles. The number of benzene rings is 1. The second-order valence-corrected chi connectivity index (χ2v) is 5.96. The van der Waals surface area contributed by atoms with E-state index in [-0.39, 0.29) is 6.03 Å². The zero-order chi connectivity index (χ0) is 14.9. The Hall–Kier alpha value is -1.82. The van der Waals surface area contributed by atoms with E-state index in [4.69, 9.17) is 0 Å². The summed E-state index contributed by atoms with van der Waals surface area (Å²) in [4.78, 5) is 18.6. The number of hydrogen-bond donors (Lipinski definition) is 0. The Morgan fingerprint density at radius 1 is 1.20 bits per heavy atom. The molecule has 0 spiro atoms. The molecule has 0 N–H and O–H groups in total. The lowest BCUT2D eigenvalue weighted by atomic mass is 10.1. The summed E-state index contributed by atoms with van der Waals surface area (Å²) in [6.45, 7) is 6.23. The van der Waals surface area contributed by atoms with Crippen LogP contribution in [0, 0.1) is 20.8 Å². The van der Waals surface area contributed by atoms with Crippen LogP contribution in [0.4, 0.5) is 4.79 Å². The standard InChI is InChI=1S/C14H18N4OS/c1-9-6-10(2)12(11(3)7-9)20-13-15-8-18(16-13)14(19)17(4)5/h6-8H,1-5H3. The number of carbonyl (C=O) groups is 1. The smallest absolute Gasteiger partial charge is 0.329 e. The summed E-state index contributed by atoms with van der Waals surface area (Å²) in [6.07, 6.45) is 1.45. The molecule has 0 bridgehead atoms. The molecule has 20 heavy (non-hydrogen) atoms. The first-order valence-electron chi connectivity index (χ1n) is 6.27. The quantitative estimate of drug-likeness (QED) is 0.853. The molecule has 6 heteroatoms. The van der Waals surface area contributed by atoms with Crippen molar-refractivity contribution in [3.63, 3.8) is 0 Å². The van der Waals surface area contributed by atoms with Crippen LogP contribution in [-0.2, 0) is 0 Å².